The first kappa shape index (κ1) is 9.16. The lowest BCUT2D eigenvalue weighted by molar-refractivity contribution is -0.202. The number of alkyl halides is 3. The number of hydrogen-bond donors (Lipinski definition) is 0. The van der Waals surface area contributed by atoms with E-state index in [-0.39, 0.29) is 0 Å². The van der Waals surface area contributed by atoms with Crippen LogP contribution >= 0.6 is 0 Å². The highest BCUT2D eigenvalue weighted by molar-refractivity contribution is 4.98. The van der Waals surface area contributed by atoms with Crippen LogP contribution in [0.15, 0.2) is 24.5 Å². The molecule has 0 aliphatic carbocycles. The predicted molar refractivity (Wildman–Crippen MR) is 39.8 cm³/mol. The molecule has 1 aromatic rings. The van der Waals surface area contributed by atoms with E-state index in [9.17, 15) is 13.2 Å². The maximum atomic E-state index is 12.4. The van der Waals surface area contributed by atoms with Crippen LogP contribution < -0.4 is 0 Å². The van der Waals surface area contributed by atoms with Crippen LogP contribution in [0.4, 0.5) is 13.2 Å². The van der Waals surface area contributed by atoms with Crippen molar-refractivity contribution < 1.29 is 13.2 Å². The Balaban J connectivity index is 3.02. The minimum atomic E-state index is -4.22. The summed E-state index contributed by atoms with van der Waals surface area (Å²) < 4.78 is 38.3. The molecule has 1 aromatic heterocycles. The predicted octanol–water partition coefficient (Wildman–Crippen LogP) is 2.79. The number of halogens is 3. The second kappa shape index (κ2) is 2.54. The van der Waals surface area contributed by atoms with Gasteiger partial charge in [-0.25, -0.2) is 0 Å². The summed E-state index contributed by atoms with van der Waals surface area (Å²) in [7, 11) is 0. The summed E-state index contributed by atoms with van der Waals surface area (Å²) in [5.74, 6) is 0. The summed E-state index contributed by atoms with van der Waals surface area (Å²) in [6.45, 7) is 2.29. The van der Waals surface area contributed by atoms with Crippen molar-refractivity contribution in [3.05, 3.63) is 24.5 Å². The molecule has 1 heterocycles. The molecule has 0 fully saturated rings. The Labute approximate surface area is 68.8 Å². The van der Waals surface area contributed by atoms with Gasteiger partial charge in [-0.1, -0.05) is 0 Å². The van der Waals surface area contributed by atoms with Crippen molar-refractivity contribution in [2.75, 3.05) is 0 Å². The van der Waals surface area contributed by atoms with Crippen molar-refractivity contribution >= 4 is 0 Å². The molecule has 0 aliphatic heterocycles. The zero-order valence-corrected chi connectivity index (χ0v) is 6.89. The van der Waals surface area contributed by atoms with Gasteiger partial charge in [-0.05, 0) is 26.0 Å². The number of aromatic nitrogens is 1. The Hall–Kier alpha value is -0.930. The van der Waals surface area contributed by atoms with Crippen LogP contribution in [0.5, 0.6) is 0 Å². The van der Waals surface area contributed by atoms with Gasteiger partial charge in [-0.15, -0.1) is 0 Å². The second-order valence-corrected chi connectivity index (χ2v) is 3.15. The topological polar surface area (TPSA) is 4.93 Å². The van der Waals surface area contributed by atoms with Gasteiger partial charge in [-0.2, -0.15) is 13.2 Å². The van der Waals surface area contributed by atoms with Gasteiger partial charge in [0.15, 0.2) is 0 Å². The Morgan fingerprint density at radius 3 is 1.75 bits per heavy atom. The standard InChI is InChI=1S/C8H10F3N/c1-7(2,8(9,10)11)12-5-3-4-6-12/h3-6H,1-2H3. The highest BCUT2D eigenvalue weighted by Gasteiger charge is 2.48. The van der Waals surface area contributed by atoms with E-state index in [2.05, 4.69) is 0 Å². The Bertz CT molecular complexity index is 246. The largest absolute Gasteiger partial charge is 0.411 e. The van der Waals surface area contributed by atoms with Crippen LogP contribution in [0.1, 0.15) is 13.8 Å². The first-order valence-corrected chi connectivity index (χ1v) is 3.56. The minimum Gasteiger partial charge on any atom is -0.340 e. The fraction of sp³-hybridized carbons (Fsp3) is 0.500. The Morgan fingerprint density at radius 1 is 1.00 bits per heavy atom. The Kier molecular flexibility index (Phi) is 1.94. The molecule has 0 aromatic carbocycles. The van der Waals surface area contributed by atoms with Crippen LogP contribution in [0.25, 0.3) is 0 Å². The van der Waals surface area contributed by atoms with Crippen molar-refractivity contribution in [3.63, 3.8) is 0 Å². The summed E-state index contributed by atoms with van der Waals surface area (Å²) in [4.78, 5) is 0. The lowest BCUT2D eigenvalue weighted by Gasteiger charge is -2.29. The molecule has 68 valence electrons. The van der Waals surface area contributed by atoms with Crippen molar-refractivity contribution in [1.29, 1.82) is 0 Å². The van der Waals surface area contributed by atoms with Gasteiger partial charge in [0, 0.05) is 12.4 Å². The summed E-state index contributed by atoms with van der Waals surface area (Å²) in [6, 6.07) is 3.15. The molecular weight excluding hydrogens is 167 g/mol. The van der Waals surface area contributed by atoms with Crippen molar-refractivity contribution in [3.8, 4) is 0 Å². The lowest BCUT2D eigenvalue weighted by atomic mass is 10.1. The van der Waals surface area contributed by atoms with E-state index in [0.717, 1.165) is 18.4 Å². The molecule has 0 atom stereocenters. The fourth-order valence-electron chi connectivity index (χ4n) is 0.854. The maximum Gasteiger partial charge on any atom is 0.411 e. The van der Waals surface area contributed by atoms with Crippen LogP contribution in [-0.2, 0) is 5.54 Å². The van der Waals surface area contributed by atoms with E-state index in [1.165, 1.54) is 12.4 Å². The minimum absolute atomic E-state index is 1.15. The molecule has 0 N–H and O–H groups in total. The molecule has 0 radical (unpaired) electrons. The molecular formula is C8H10F3N. The van der Waals surface area contributed by atoms with Crippen molar-refractivity contribution in [1.82, 2.24) is 4.57 Å². The highest BCUT2D eigenvalue weighted by atomic mass is 19.4. The average Bonchev–Trinajstić information content (AvgIpc) is 2.34. The zero-order valence-electron chi connectivity index (χ0n) is 6.89. The molecule has 0 saturated heterocycles. The monoisotopic (exact) mass is 177 g/mol. The molecule has 1 rings (SSSR count). The quantitative estimate of drug-likeness (QED) is 0.621. The van der Waals surface area contributed by atoms with Gasteiger partial charge >= 0.3 is 6.18 Å². The van der Waals surface area contributed by atoms with E-state index in [4.69, 9.17) is 0 Å². The zero-order chi connectivity index (χ0) is 9.41. The van der Waals surface area contributed by atoms with Gasteiger partial charge < -0.3 is 4.57 Å². The van der Waals surface area contributed by atoms with Gasteiger partial charge in [0.25, 0.3) is 0 Å². The molecule has 0 unspecified atom stereocenters. The van der Waals surface area contributed by atoms with Crippen LogP contribution in [-0.4, -0.2) is 10.7 Å². The smallest absolute Gasteiger partial charge is 0.340 e. The molecule has 1 nitrogen and oxygen atoms in total. The number of hydrogen-bond acceptors (Lipinski definition) is 0. The number of rotatable bonds is 1. The van der Waals surface area contributed by atoms with Crippen LogP contribution in [0, 0.1) is 0 Å². The van der Waals surface area contributed by atoms with Crippen molar-refractivity contribution in [2.45, 2.75) is 25.6 Å². The summed E-state index contributed by atoms with van der Waals surface area (Å²) in [6.07, 6.45) is -1.40. The van der Waals surface area contributed by atoms with Crippen LogP contribution in [0.3, 0.4) is 0 Å². The molecule has 0 spiro atoms. The Morgan fingerprint density at radius 2 is 1.42 bits per heavy atom. The highest BCUT2D eigenvalue weighted by Crippen LogP contribution is 2.35. The van der Waals surface area contributed by atoms with Gasteiger partial charge in [-0.3, -0.25) is 0 Å². The van der Waals surface area contributed by atoms with Gasteiger partial charge in [0.1, 0.15) is 5.54 Å². The first-order valence-electron chi connectivity index (χ1n) is 3.56. The van der Waals surface area contributed by atoms with Gasteiger partial charge in [0.2, 0.25) is 0 Å². The van der Waals surface area contributed by atoms with Gasteiger partial charge in [0.05, 0.1) is 0 Å². The third kappa shape index (κ3) is 1.33. The fourth-order valence-corrected chi connectivity index (χ4v) is 0.854. The molecule has 0 saturated carbocycles. The molecule has 4 heteroatoms. The normalized spacial score (nSPS) is 13.4. The molecule has 0 bridgehead atoms. The van der Waals surface area contributed by atoms with Crippen LogP contribution in [0.2, 0.25) is 0 Å². The van der Waals surface area contributed by atoms with E-state index in [1.807, 2.05) is 0 Å². The maximum absolute atomic E-state index is 12.4. The molecule has 0 amide bonds. The van der Waals surface area contributed by atoms with Crippen molar-refractivity contribution in [2.24, 2.45) is 0 Å². The third-order valence-electron chi connectivity index (χ3n) is 1.94. The van der Waals surface area contributed by atoms with E-state index in [1.54, 1.807) is 12.1 Å². The third-order valence-corrected chi connectivity index (χ3v) is 1.94. The second-order valence-electron chi connectivity index (χ2n) is 3.15. The number of nitrogens with zero attached hydrogens (tertiary/aromatic N) is 1. The lowest BCUT2D eigenvalue weighted by Crippen LogP contribution is -2.41. The van der Waals surface area contributed by atoms with E-state index in [0.29, 0.717) is 0 Å². The van der Waals surface area contributed by atoms with E-state index < -0.39 is 11.7 Å². The summed E-state index contributed by atoms with van der Waals surface area (Å²) >= 11 is 0. The summed E-state index contributed by atoms with van der Waals surface area (Å²) in [5, 5.41) is 0. The summed E-state index contributed by atoms with van der Waals surface area (Å²) in [5.41, 5.74) is -1.82. The molecule has 0 aliphatic rings. The van der Waals surface area contributed by atoms with E-state index >= 15 is 0 Å². The SMILES string of the molecule is CC(C)(n1cccc1)C(F)(F)F. The molecule has 12 heavy (non-hydrogen) atoms. The first-order chi connectivity index (χ1) is 5.36. The average molecular weight is 177 g/mol.